The van der Waals surface area contributed by atoms with Gasteiger partial charge in [-0.05, 0) is 18.2 Å². The number of hydrogen-bond acceptors (Lipinski definition) is 5. The molecule has 0 aliphatic rings. The van der Waals surface area contributed by atoms with Crippen molar-refractivity contribution in [3.8, 4) is 0 Å². The van der Waals surface area contributed by atoms with Crippen LogP contribution in [0.15, 0.2) is 35.0 Å². The Morgan fingerprint density at radius 3 is 2.67 bits per heavy atom. The molecule has 0 unspecified atom stereocenters. The molecule has 6 heteroatoms. The van der Waals surface area contributed by atoms with Gasteiger partial charge in [0.05, 0.1) is 12.1 Å². The topological polar surface area (TPSA) is 69.4 Å². The van der Waals surface area contributed by atoms with Crippen molar-refractivity contribution in [3.63, 3.8) is 0 Å². The molecule has 92 valence electrons. The van der Waals surface area contributed by atoms with Gasteiger partial charge in [0.15, 0.2) is 5.76 Å². The molecular weight excluding hydrogens is 258 g/mol. The molecule has 18 heavy (non-hydrogen) atoms. The number of pyridine rings is 1. The smallest absolute Gasteiger partial charge is 0.373 e. The highest BCUT2D eigenvalue weighted by Gasteiger charge is 2.19. The number of halogens is 1. The first-order valence-electron chi connectivity index (χ1n) is 4.96. The number of nitrogens with zero attached hydrogens (tertiary/aromatic N) is 1. The minimum atomic E-state index is -0.644. The molecule has 2 aromatic heterocycles. The zero-order valence-electron chi connectivity index (χ0n) is 9.34. The fourth-order valence-electron chi connectivity index (χ4n) is 1.36. The molecule has 0 aromatic carbocycles. The normalized spacial score (nSPS) is 10.1. The van der Waals surface area contributed by atoms with Crippen LogP contribution in [0.5, 0.6) is 0 Å². The molecule has 2 aromatic rings. The predicted octanol–water partition coefficient (Wildman–Crippen LogP) is 2.35. The number of ketones is 1. The maximum atomic E-state index is 12.0. The van der Waals surface area contributed by atoms with E-state index in [9.17, 15) is 9.59 Å². The number of esters is 1. The van der Waals surface area contributed by atoms with E-state index in [1.54, 1.807) is 0 Å². The van der Waals surface area contributed by atoms with E-state index in [4.69, 9.17) is 16.0 Å². The molecule has 5 nitrogen and oxygen atoms in total. The second-order valence-corrected chi connectivity index (χ2v) is 3.75. The van der Waals surface area contributed by atoms with Crippen LogP contribution in [0.2, 0.25) is 5.02 Å². The minimum Gasteiger partial charge on any atom is -0.463 e. The molecule has 0 fully saturated rings. The first kappa shape index (κ1) is 12.3. The van der Waals surface area contributed by atoms with Crippen molar-refractivity contribution in [3.05, 3.63) is 52.7 Å². The van der Waals surface area contributed by atoms with Crippen molar-refractivity contribution >= 4 is 23.4 Å². The zero-order valence-corrected chi connectivity index (χ0v) is 10.1. The average molecular weight is 266 g/mol. The lowest BCUT2D eigenvalue weighted by atomic mass is 10.1. The molecule has 0 amide bonds. The molecule has 0 atom stereocenters. The molecule has 0 aliphatic carbocycles. The third-order valence-corrected chi connectivity index (χ3v) is 2.53. The second-order valence-electron chi connectivity index (χ2n) is 3.34. The largest absolute Gasteiger partial charge is 0.463 e. The number of furan rings is 1. The Balaban J connectivity index is 2.33. The van der Waals surface area contributed by atoms with Gasteiger partial charge in [-0.1, -0.05) is 11.6 Å². The Kier molecular flexibility index (Phi) is 3.43. The summed E-state index contributed by atoms with van der Waals surface area (Å²) >= 11 is 5.85. The first-order chi connectivity index (χ1) is 8.63. The average Bonchev–Trinajstić information content (AvgIpc) is 2.87. The SMILES string of the molecule is COC(=O)c1ccc(C(=O)c2ccncc2Cl)o1. The molecular formula is C12H8ClNO4. The highest BCUT2D eigenvalue weighted by molar-refractivity contribution is 6.34. The van der Waals surface area contributed by atoms with E-state index < -0.39 is 11.8 Å². The lowest BCUT2D eigenvalue weighted by Gasteiger charge is -1.99. The van der Waals surface area contributed by atoms with Crippen LogP contribution in [0, 0.1) is 0 Å². The number of rotatable bonds is 3. The number of ether oxygens (including phenoxy) is 1. The van der Waals surface area contributed by atoms with Crippen molar-refractivity contribution in [2.75, 3.05) is 7.11 Å². The summed E-state index contributed by atoms with van der Waals surface area (Å²) in [7, 11) is 1.23. The zero-order chi connectivity index (χ0) is 13.1. The maximum absolute atomic E-state index is 12.0. The van der Waals surface area contributed by atoms with Gasteiger partial charge in [-0.2, -0.15) is 0 Å². The number of hydrogen-bond donors (Lipinski definition) is 0. The number of carbonyl (C=O) groups is 2. The van der Waals surface area contributed by atoms with Gasteiger partial charge in [0.25, 0.3) is 0 Å². The van der Waals surface area contributed by atoms with E-state index in [-0.39, 0.29) is 22.1 Å². The Morgan fingerprint density at radius 1 is 1.28 bits per heavy atom. The molecule has 0 radical (unpaired) electrons. The van der Waals surface area contributed by atoms with E-state index in [2.05, 4.69) is 9.72 Å². The van der Waals surface area contributed by atoms with Crippen molar-refractivity contribution < 1.29 is 18.7 Å². The maximum Gasteiger partial charge on any atom is 0.373 e. The van der Waals surface area contributed by atoms with Crippen LogP contribution >= 0.6 is 11.6 Å². The van der Waals surface area contributed by atoms with Crippen LogP contribution in [0.1, 0.15) is 26.7 Å². The van der Waals surface area contributed by atoms with Gasteiger partial charge >= 0.3 is 5.97 Å². The lowest BCUT2D eigenvalue weighted by Crippen LogP contribution is -2.02. The van der Waals surface area contributed by atoms with E-state index in [1.807, 2.05) is 0 Å². The highest BCUT2D eigenvalue weighted by atomic mass is 35.5. The van der Waals surface area contributed by atoms with Gasteiger partial charge in [-0.3, -0.25) is 9.78 Å². The molecule has 0 N–H and O–H groups in total. The summed E-state index contributed by atoms with van der Waals surface area (Å²) in [4.78, 5) is 27.0. The summed E-state index contributed by atoms with van der Waals surface area (Å²) < 4.78 is 9.58. The summed E-state index contributed by atoms with van der Waals surface area (Å²) in [5, 5.41) is 0.221. The van der Waals surface area contributed by atoms with Crippen LogP contribution in [0.25, 0.3) is 0 Å². The molecule has 2 heterocycles. The van der Waals surface area contributed by atoms with Crippen LogP contribution in [0.3, 0.4) is 0 Å². The number of methoxy groups -OCH3 is 1. The highest BCUT2D eigenvalue weighted by Crippen LogP contribution is 2.19. The van der Waals surface area contributed by atoms with Crippen molar-refractivity contribution in [2.24, 2.45) is 0 Å². The molecule has 0 bridgehead atoms. The molecule has 0 aliphatic heterocycles. The molecule has 0 saturated carbocycles. The van der Waals surface area contributed by atoms with Gasteiger partial charge in [-0.15, -0.1) is 0 Å². The van der Waals surface area contributed by atoms with E-state index >= 15 is 0 Å². The van der Waals surface area contributed by atoms with Crippen LogP contribution in [-0.4, -0.2) is 23.8 Å². The van der Waals surface area contributed by atoms with Gasteiger partial charge in [-0.25, -0.2) is 4.79 Å². The van der Waals surface area contributed by atoms with E-state index in [1.165, 1.54) is 37.7 Å². The lowest BCUT2D eigenvalue weighted by molar-refractivity contribution is 0.0563. The van der Waals surface area contributed by atoms with Gasteiger partial charge in [0.1, 0.15) is 0 Å². The summed E-state index contributed by atoms with van der Waals surface area (Å²) in [6, 6.07) is 4.24. The third-order valence-electron chi connectivity index (χ3n) is 2.23. The Labute approximate surface area is 107 Å². The van der Waals surface area contributed by atoms with Gasteiger partial charge in [0.2, 0.25) is 11.5 Å². The van der Waals surface area contributed by atoms with E-state index in [0.717, 1.165) is 0 Å². The first-order valence-corrected chi connectivity index (χ1v) is 5.33. The monoisotopic (exact) mass is 265 g/mol. The molecule has 0 spiro atoms. The van der Waals surface area contributed by atoms with Crippen molar-refractivity contribution in [1.29, 1.82) is 0 Å². The summed E-state index contributed by atoms with van der Waals surface area (Å²) in [6.45, 7) is 0. The Bertz CT molecular complexity index is 606. The van der Waals surface area contributed by atoms with Crippen molar-refractivity contribution in [2.45, 2.75) is 0 Å². The van der Waals surface area contributed by atoms with Crippen LogP contribution < -0.4 is 0 Å². The van der Waals surface area contributed by atoms with Gasteiger partial charge < -0.3 is 9.15 Å². The second kappa shape index (κ2) is 5.01. The Hall–Kier alpha value is -2.14. The molecule has 0 saturated heterocycles. The predicted molar refractivity (Wildman–Crippen MR) is 62.7 cm³/mol. The van der Waals surface area contributed by atoms with Crippen LogP contribution in [-0.2, 0) is 4.74 Å². The van der Waals surface area contributed by atoms with Crippen molar-refractivity contribution in [1.82, 2.24) is 4.98 Å². The summed E-state index contributed by atoms with van der Waals surface area (Å²) in [6.07, 6.45) is 2.81. The third kappa shape index (κ3) is 2.26. The quantitative estimate of drug-likeness (QED) is 0.629. The number of carbonyl (C=O) groups excluding carboxylic acids is 2. The Morgan fingerprint density at radius 2 is 2.00 bits per heavy atom. The number of aromatic nitrogens is 1. The minimum absolute atomic E-state index is 0.0171. The fraction of sp³-hybridized carbons (Fsp3) is 0.0833. The van der Waals surface area contributed by atoms with Gasteiger partial charge in [0, 0.05) is 18.0 Å². The van der Waals surface area contributed by atoms with Crippen LogP contribution in [0.4, 0.5) is 0 Å². The summed E-state index contributed by atoms with van der Waals surface area (Å²) in [5.41, 5.74) is 0.262. The molecule has 2 rings (SSSR count). The summed E-state index contributed by atoms with van der Waals surface area (Å²) in [5.74, 6) is -1.08. The standard InChI is InChI=1S/C12H8ClNO4/c1-17-12(16)10-3-2-9(18-10)11(15)7-4-5-14-6-8(7)13/h2-6H,1H3. The fourth-order valence-corrected chi connectivity index (χ4v) is 1.57. The van der Waals surface area contributed by atoms with E-state index in [0.29, 0.717) is 0 Å².